The van der Waals surface area contributed by atoms with Gasteiger partial charge in [-0.05, 0) is 92.1 Å². The Hall–Kier alpha value is -4.46. The summed E-state index contributed by atoms with van der Waals surface area (Å²) in [7, 11) is 1.74. The van der Waals surface area contributed by atoms with E-state index in [0.717, 1.165) is 52.5 Å². The number of likely N-dealkylation sites (tertiary alicyclic amines) is 3. The van der Waals surface area contributed by atoms with Crippen molar-refractivity contribution in [3.05, 3.63) is 75.6 Å². The van der Waals surface area contributed by atoms with Crippen molar-refractivity contribution in [2.45, 2.75) is 82.1 Å². The minimum Gasteiger partial charge on any atom is -0.436 e. The monoisotopic (exact) mass is 728 g/mol. The lowest BCUT2D eigenvalue weighted by molar-refractivity contribution is -0.143. The number of amides is 4. The van der Waals surface area contributed by atoms with Crippen LogP contribution in [0.3, 0.4) is 0 Å². The molecule has 13 nitrogen and oxygen atoms in total. The van der Waals surface area contributed by atoms with Crippen LogP contribution in [-0.2, 0) is 29.4 Å². The number of hydrogen-bond donors (Lipinski definition) is 3. The fourth-order valence-electron chi connectivity index (χ4n) is 8.78. The van der Waals surface area contributed by atoms with Crippen molar-refractivity contribution < 1.29 is 29.3 Å². The number of piperidine rings is 3. The van der Waals surface area contributed by atoms with E-state index >= 15 is 0 Å². The summed E-state index contributed by atoms with van der Waals surface area (Å²) in [6, 6.07) is 15.2. The molecule has 7 rings (SSSR count). The first-order valence-corrected chi connectivity index (χ1v) is 19.1. The van der Waals surface area contributed by atoms with Crippen LogP contribution in [0, 0.1) is 6.92 Å². The van der Waals surface area contributed by atoms with Gasteiger partial charge in [0.15, 0.2) is 6.10 Å². The molecule has 4 amide bonds. The van der Waals surface area contributed by atoms with Crippen LogP contribution in [0.25, 0.3) is 10.9 Å². The van der Waals surface area contributed by atoms with Gasteiger partial charge >= 0.3 is 12.1 Å². The number of urea groups is 1. The number of fused-ring (bicyclic) bond motifs is 2. The molecule has 1 atom stereocenters. The lowest BCUT2D eigenvalue weighted by atomic mass is 9.90. The largest absolute Gasteiger partial charge is 0.436 e. The number of carbonyl (C=O) groups excluding carboxylic acids is 3. The van der Waals surface area contributed by atoms with E-state index in [4.69, 9.17) is 4.74 Å². The number of para-hydroxylation sites is 1. The number of nitrogens with zero attached hydrogens (tertiary/aromatic N) is 5. The van der Waals surface area contributed by atoms with Crippen LogP contribution in [0.2, 0.25) is 0 Å². The molecule has 4 aliphatic heterocycles. The molecular weight excluding hydrogens is 676 g/mol. The zero-order valence-electron chi connectivity index (χ0n) is 30.8. The Kier molecular flexibility index (Phi) is 10.8. The lowest BCUT2D eigenvalue weighted by Gasteiger charge is -2.44. The molecule has 0 aliphatic carbocycles. The normalized spacial score (nSPS) is 20.8. The van der Waals surface area contributed by atoms with Gasteiger partial charge in [0.05, 0.1) is 17.7 Å². The molecule has 1 aromatic heterocycles. The van der Waals surface area contributed by atoms with Crippen molar-refractivity contribution in [1.82, 2.24) is 24.2 Å². The van der Waals surface area contributed by atoms with Gasteiger partial charge in [-0.3, -0.25) is 9.59 Å². The summed E-state index contributed by atoms with van der Waals surface area (Å²) >= 11 is 0. The fraction of sp³-hybridized carbons (Fsp3) is 0.550. The minimum atomic E-state index is -1.04. The van der Waals surface area contributed by atoms with Crippen molar-refractivity contribution in [2.75, 3.05) is 57.7 Å². The molecule has 4 aliphatic rings. The van der Waals surface area contributed by atoms with Gasteiger partial charge < -0.3 is 44.4 Å². The van der Waals surface area contributed by atoms with E-state index in [1.165, 1.54) is 6.07 Å². The van der Waals surface area contributed by atoms with Crippen LogP contribution >= 0.6 is 0 Å². The molecule has 5 heterocycles. The number of ether oxygens (including phenoxy) is 1. The number of nitrogens with one attached hydrogen (secondary N) is 1. The Balaban J connectivity index is 1.02. The summed E-state index contributed by atoms with van der Waals surface area (Å²) in [6.07, 6.45) is 3.20. The van der Waals surface area contributed by atoms with Gasteiger partial charge in [-0.15, -0.1) is 0 Å². The summed E-state index contributed by atoms with van der Waals surface area (Å²) < 4.78 is 7.75. The molecule has 0 radical (unpaired) electrons. The lowest BCUT2D eigenvalue weighted by Crippen LogP contribution is -2.54. The standard InChI is InChI=1S/C40H52N6O7/c1-27-23-28(24-30-7-8-35(48)42(2)36(27)30)25-34(37(49)44-16-10-31(11-17-44)43-21-14-40(52,26-47)15-22-43)53-39(51)45-18-12-32(13-19-45)46-20-9-29-5-3-4-6-33(29)41-38(46)50/h3-8,23-24,31-32,34,47,52H,9-22,25-26H2,1-2H3,(H,41,50)/t34-/m1/s1. The molecule has 0 saturated carbocycles. The van der Waals surface area contributed by atoms with E-state index in [-0.39, 0.29) is 42.6 Å². The molecule has 284 valence electrons. The van der Waals surface area contributed by atoms with Gasteiger partial charge in [-0.2, -0.15) is 0 Å². The maximum absolute atomic E-state index is 14.3. The van der Waals surface area contributed by atoms with Crippen molar-refractivity contribution in [3.8, 4) is 0 Å². The first kappa shape index (κ1) is 36.9. The molecule has 13 heteroatoms. The maximum Gasteiger partial charge on any atom is 0.410 e. The van der Waals surface area contributed by atoms with Crippen molar-refractivity contribution >= 4 is 34.6 Å². The number of aliphatic hydroxyl groups excluding tert-OH is 1. The highest BCUT2D eigenvalue weighted by Crippen LogP contribution is 2.29. The van der Waals surface area contributed by atoms with E-state index in [1.54, 1.807) is 22.6 Å². The molecule has 0 bridgehead atoms. The van der Waals surface area contributed by atoms with E-state index in [9.17, 15) is 29.4 Å². The second kappa shape index (κ2) is 15.5. The smallest absolute Gasteiger partial charge is 0.410 e. The molecular formula is C40H52N6O7. The third-order valence-electron chi connectivity index (χ3n) is 12.0. The average molecular weight is 729 g/mol. The van der Waals surface area contributed by atoms with E-state index < -0.39 is 17.8 Å². The minimum absolute atomic E-state index is 0.0130. The van der Waals surface area contributed by atoms with Gasteiger partial charge in [-0.1, -0.05) is 24.3 Å². The highest BCUT2D eigenvalue weighted by atomic mass is 16.6. The van der Waals surface area contributed by atoms with Crippen LogP contribution in [0.5, 0.6) is 0 Å². The first-order valence-electron chi connectivity index (χ1n) is 19.1. The maximum atomic E-state index is 14.3. The van der Waals surface area contributed by atoms with Crippen LogP contribution in [0.15, 0.2) is 53.3 Å². The highest BCUT2D eigenvalue weighted by molar-refractivity contribution is 5.91. The molecule has 3 N–H and O–H groups in total. The van der Waals surface area contributed by atoms with Crippen LogP contribution in [-0.4, -0.2) is 129 Å². The summed E-state index contributed by atoms with van der Waals surface area (Å²) in [5.74, 6) is -0.223. The zero-order chi connectivity index (χ0) is 37.3. The van der Waals surface area contributed by atoms with Gasteiger partial charge in [0.25, 0.3) is 11.5 Å². The van der Waals surface area contributed by atoms with Gasteiger partial charge in [0.1, 0.15) is 0 Å². The van der Waals surface area contributed by atoms with E-state index in [1.807, 2.05) is 53.1 Å². The van der Waals surface area contributed by atoms with E-state index in [2.05, 4.69) is 10.2 Å². The number of aromatic nitrogens is 1. The van der Waals surface area contributed by atoms with Gasteiger partial charge in [-0.25, -0.2) is 9.59 Å². The predicted octanol–water partition coefficient (Wildman–Crippen LogP) is 3.26. The number of carbonyl (C=O) groups is 3. The van der Waals surface area contributed by atoms with Crippen molar-refractivity contribution in [3.63, 3.8) is 0 Å². The quantitative estimate of drug-likeness (QED) is 0.336. The first-order chi connectivity index (χ1) is 25.5. The van der Waals surface area contributed by atoms with Crippen LogP contribution < -0.4 is 10.9 Å². The van der Waals surface area contributed by atoms with Gasteiger partial charge in [0, 0.05) is 83.1 Å². The molecule has 3 fully saturated rings. The van der Waals surface area contributed by atoms with Crippen molar-refractivity contribution in [2.24, 2.45) is 7.05 Å². The van der Waals surface area contributed by atoms with Crippen LogP contribution in [0.1, 0.15) is 55.2 Å². The number of pyridine rings is 1. The highest BCUT2D eigenvalue weighted by Gasteiger charge is 2.38. The SMILES string of the molecule is Cc1cc(C[C@@H](OC(=O)N2CCC(N3CCc4ccccc4NC3=O)CC2)C(=O)N2CCC(N3CCC(O)(CO)CC3)CC2)cc2ccc(=O)n(C)c12. The Morgan fingerprint density at radius 1 is 0.906 bits per heavy atom. The predicted molar refractivity (Wildman–Crippen MR) is 201 cm³/mol. The molecule has 2 aromatic carbocycles. The Labute approximate surface area is 310 Å². The summed E-state index contributed by atoms with van der Waals surface area (Å²) in [4.78, 5) is 61.2. The van der Waals surface area contributed by atoms with Crippen LogP contribution in [0.4, 0.5) is 15.3 Å². The number of aliphatic hydroxyl groups is 2. The Bertz CT molecular complexity index is 1890. The summed E-state index contributed by atoms with van der Waals surface area (Å²) in [5, 5.41) is 24.0. The third kappa shape index (κ3) is 7.92. The zero-order valence-corrected chi connectivity index (χ0v) is 30.8. The molecule has 0 unspecified atom stereocenters. The second-order valence-corrected chi connectivity index (χ2v) is 15.4. The number of anilines is 1. The number of hydrogen-bond acceptors (Lipinski definition) is 8. The second-order valence-electron chi connectivity index (χ2n) is 15.4. The number of benzene rings is 2. The fourth-order valence-corrected chi connectivity index (χ4v) is 8.78. The molecule has 53 heavy (non-hydrogen) atoms. The third-order valence-corrected chi connectivity index (χ3v) is 12.0. The Morgan fingerprint density at radius 2 is 1.58 bits per heavy atom. The number of aryl methyl sites for hydroxylation is 2. The van der Waals surface area contributed by atoms with E-state index in [0.29, 0.717) is 71.5 Å². The molecule has 0 spiro atoms. The average Bonchev–Trinajstić information content (AvgIpc) is 3.34. The molecule has 3 saturated heterocycles. The van der Waals surface area contributed by atoms with Crippen molar-refractivity contribution in [1.29, 1.82) is 0 Å². The summed E-state index contributed by atoms with van der Waals surface area (Å²) in [6.45, 7) is 5.61. The topological polar surface area (TPSA) is 148 Å². The summed E-state index contributed by atoms with van der Waals surface area (Å²) in [5.41, 5.74) is 3.40. The molecule has 3 aromatic rings. The Morgan fingerprint density at radius 3 is 2.30 bits per heavy atom. The number of rotatable bonds is 7. The van der Waals surface area contributed by atoms with Gasteiger partial charge in [0.2, 0.25) is 0 Å².